The number of hydrogen-bond donors (Lipinski definition) is 3. The number of sulfonamides is 1. The first-order chi connectivity index (χ1) is 9.47. The van der Waals surface area contributed by atoms with Crippen LogP contribution in [0.15, 0.2) is 5.03 Å². The Hall–Kier alpha value is -0.960. The number of nitrogens with zero attached hydrogens (tertiary/aromatic N) is 2. The third-order valence-corrected chi connectivity index (χ3v) is 5.22. The van der Waals surface area contributed by atoms with E-state index in [0.29, 0.717) is 23.7 Å². The average Bonchev–Trinajstić information content (AvgIpc) is 3.02. The first-order valence-corrected chi connectivity index (χ1v) is 8.33. The molecule has 20 heavy (non-hydrogen) atoms. The van der Waals surface area contributed by atoms with E-state index in [2.05, 4.69) is 26.7 Å². The summed E-state index contributed by atoms with van der Waals surface area (Å²) in [5.41, 5.74) is 0.907. The molecular formula is C12H22N4O3S. The molecule has 0 spiro atoms. The third-order valence-electron chi connectivity index (χ3n) is 3.83. The van der Waals surface area contributed by atoms with Gasteiger partial charge < -0.3 is 10.0 Å². The van der Waals surface area contributed by atoms with Gasteiger partial charge in [-0.05, 0) is 32.4 Å². The van der Waals surface area contributed by atoms with Crippen LogP contribution in [0.3, 0.4) is 0 Å². The molecule has 0 radical (unpaired) electrons. The molecule has 0 saturated carbocycles. The largest absolute Gasteiger partial charge is 0.392 e. The summed E-state index contributed by atoms with van der Waals surface area (Å²) in [4.78, 5) is 2.30. The number of aliphatic hydroxyl groups is 1. The van der Waals surface area contributed by atoms with Crippen LogP contribution < -0.4 is 4.72 Å². The number of likely N-dealkylation sites (tertiary alicyclic amines) is 1. The molecule has 1 unspecified atom stereocenters. The first-order valence-electron chi connectivity index (χ1n) is 6.84. The van der Waals surface area contributed by atoms with Crippen LogP contribution in [-0.4, -0.2) is 54.8 Å². The van der Waals surface area contributed by atoms with Crippen LogP contribution in [0.4, 0.5) is 0 Å². The summed E-state index contributed by atoms with van der Waals surface area (Å²) in [5.74, 6) is 0.336. The van der Waals surface area contributed by atoms with Gasteiger partial charge in [0.2, 0.25) is 0 Å². The molecule has 1 fully saturated rings. The molecule has 1 aromatic rings. The molecule has 0 aromatic carbocycles. The lowest BCUT2D eigenvalue weighted by atomic mass is 10.1. The smallest absolute Gasteiger partial charge is 0.260 e. The van der Waals surface area contributed by atoms with E-state index < -0.39 is 10.0 Å². The number of nitrogens with one attached hydrogen (secondary N) is 2. The summed E-state index contributed by atoms with van der Waals surface area (Å²) in [6.07, 6.45) is 1.00. The Balaban J connectivity index is 2.01. The number of rotatable bonds is 6. The minimum Gasteiger partial charge on any atom is -0.392 e. The van der Waals surface area contributed by atoms with Gasteiger partial charge in [-0.1, -0.05) is 6.92 Å². The zero-order valence-corrected chi connectivity index (χ0v) is 12.7. The molecule has 1 aromatic heterocycles. The third kappa shape index (κ3) is 3.20. The highest BCUT2D eigenvalue weighted by Gasteiger charge is 2.26. The van der Waals surface area contributed by atoms with Gasteiger partial charge >= 0.3 is 0 Å². The lowest BCUT2D eigenvalue weighted by Crippen LogP contribution is -2.31. The van der Waals surface area contributed by atoms with Gasteiger partial charge in [0, 0.05) is 24.3 Å². The van der Waals surface area contributed by atoms with Crippen LogP contribution >= 0.6 is 0 Å². The van der Waals surface area contributed by atoms with Crippen LogP contribution in [0.1, 0.15) is 24.6 Å². The van der Waals surface area contributed by atoms with Crippen molar-refractivity contribution >= 4 is 10.0 Å². The Labute approximate surface area is 119 Å². The average molecular weight is 302 g/mol. The fourth-order valence-corrected chi connectivity index (χ4v) is 3.80. The van der Waals surface area contributed by atoms with Crippen molar-refractivity contribution in [1.82, 2.24) is 19.8 Å². The SMILES string of the molecule is CCN1CCC(CNS(=O)(=O)c2n[nH]c(C)c2CO)C1. The summed E-state index contributed by atoms with van der Waals surface area (Å²) in [7, 11) is -3.66. The highest BCUT2D eigenvalue weighted by molar-refractivity contribution is 7.89. The van der Waals surface area contributed by atoms with E-state index in [1.54, 1.807) is 6.92 Å². The molecule has 1 atom stereocenters. The minimum atomic E-state index is -3.66. The van der Waals surface area contributed by atoms with E-state index in [-0.39, 0.29) is 11.6 Å². The zero-order valence-electron chi connectivity index (χ0n) is 11.9. The van der Waals surface area contributed by atoms with Crippen molar-refractivity contribution in [1.29, 1.82) is 0 Å². The molecule has 2 heterocycles. The van der Waals surface area contributed by atoms with Gasteiger partial charge in [-0.15, -0.1) is 0 Å². The maximum absolute atomic E-state index is 12.2. The van der Waals surface area contributed by atoms with Gasteiger partial charge in [-0.3, -0.25) is 5.10 Å². The molecule has 2 rings (SSSR count). The van der Waals surface area contributed by atoms with E-state index in [4.69, 9.17) is 0 Å². The molecular weight excluding hydrogens is 280 g/mol. The van der Waals surface area contributed by atoms with Crippen LogP contribution in [0.25, 0.3) is 0 Å². The second-order valence-corrected chi connectivity index (χ2v) is 6.87. The maximum Gasteiger partial charge on any atom is 0.260 e. The summed E-state index contributed by atoms with van der Waals surface area (Å²) < 4.78 is 27.0. The standard InChI is InChI=1S/C12H22N4O3S/c1-3-16-5-4-10(7-16)6-13-20(18,19)12-11(8-17)9(2)14-15-12/h10,13,17H,3-8H2,1-2H3,(H,14,15). The maximum atomic E-state index is 12.2. The van der Waals surface area contributed by atoms with Crippen molar-refractivity contribution in [2.75, 3.05) is 26.2 Å². The van der Waals surface area contributed by atoms with Gasteiger partial charge in [-0.25, -0.2) is 13.1 Å². The molecule has 7 nitrogen and oxygen atoms in total. The predicted octanol–water partition coefficient (Wildman–Crippen LogP) is -0.169. The summed E-state index contributed by atoms with van der Waals surface area (Å²) in [5, 5.41) is 15.5. The summed E-state index contributed by atoms with van der Waals surface area (Å²) >= 11 is 0. The Morgan fingerprint density at radius 1 is 1.55 bits per heavy atom. The van der Waals surface area contributed by atoms with Gasteiger partial charge in [0.05, 0.1) is 6.61 Å². The van der Waals surface area contributed by atoms with Crippen molar-refractivity contribution in [3.63, 3.8) is 0 Å². The molecule has 0 bridgehead atoms. The van der Waals surface area contributed by atoms with Crippen molar-refractivity contribution < 1.29 is 13.5 Å². The Morgan fingerprint density at radius 2 is 2.30 bits per heavy atom. The van der Waals surface area contributed by atoms with E-state index in [1.165, 1.54) is 0 Å². The monoisotopic (exact) mass is 302 g/mol. The predicted molar refractivity (Wildman–Crippen MR) is 74.7 cm³/mol. The fraction of sp³-hybridized carbons (Fsp3) is 0.750. The van der Waals surface area contributed by atoms with Crippen LogP contribution in [0, 0.1) is 12.8 Å². The molecule has 1 saturated heterocycles. The van der Waals surface area contributed by atoms with Gasteiger partial charge in [0.1, 0.15) is 0 Å². The molecule has 8 heteroatoms. The zero-order chi connectivity index (χ0) is 14.8. The Morgan fingerprint density at radius 3 is 2.90 bits per heavy atom. The van der Waals surface area contributed by atoms with Crippen LogP contribution in [0.5, 0.6) is 0 Å². The second-order valence-electron chi connectivity index (χ2n) is 5.19. The van der Waals surface area contributed by atoms with Gasteiger partial charge in [0.25, 0.3) is 10.0 Å². The second kappa shape index (κ2) is 6.21. The van der Waals surface area contributed by atoms with E-state index in [0.717, 1.165) is 26.1 Å². The summed E-state index contributed by atoms with van der Waals surface area (Å²) in [6.45, 7) is 6.80. The first kappa shape index (κ1) is 15.4. The Bertz CT molecular complexity index is 555. The van der Waals surface area contributed by atoms with Crippen molar-refractivity contribution in [3.05, 3.63) is 11.3 Å². The van der Waals surface area contributed by atoms with Crippen LogP contribution in [0.2, 0.25) is 0 Å². The van der Waals surface area contributed by atoms with Crippen molar-refractivity contribution in [2.24, 2.45) is 5.92 Å². The topological polar surface area (TPSA) is 98.3 Å². The van der Waals surface area contributed by atoms with Gasteiger partial charge in [0.15, 0.2) is 5.03 Å². The number of hydrogen-bond acceptors (Lipinski definition) is 5. The van der Waals surface area contributed by atoms with Crippen molar-refractivity contribution in [2.45, 2.75) is 31.9 Å². The number of aryl methyl sites for hydroxylation is 1. The number of aromatic amines is 1. The molecule has 0 aliphatic carbocycles. The Kier molecular flexibility index (Phi) is 4.79. The number of aliphatic hydroxyl groups excluding tert-OH is 1. The van der Waals surface area contributed by atoms with E-state index in [9.17, 15) is 13.5 Å². The van der Waals surface area contributed by atoms with Crippen molar-refractivity contribution in [3.8, 4) is 0 Å². The summed E-state index contributed by atoms with van der Waals surface area (Å²) in [6, 6.07) is 0. The highest BCUT2D eigenvalue weighted by atomic mass is 32.2. The van der Waals surface area contributed by atoms with Crippen LogP contribution in [-0.2, 0) is 16.6 Å². The minimum absolute atomic E-state index is 0.0946. The molecule has 1 aliphatic heterocycles. The lowest BCUT2D eigenvalue weighted by Gasteiger charge is -2.13. The number of aromatic nitrogens is 2. The molecule has 0 amide bonds. The fourth-order valence-electron chi connectivity index (χ4n) is 2.50. The van der Waals surface area contributed by atoms with E-state index in [1.807, 2.05) is 0 Å². The molecule has 3 N–H and O–H groups in total. The molecule has 114 valence electrons. The van der Waals surface area contributed by atoms with E-state index >= 15 is 0 Å². The number of H-pyrrole nitrogens is 1. The lowest BCUT2D eigenvalue weighted by molar-refractivity contribution is 0.277. The normalized spacial score (nSPS) is 20.6. The molecule has 1 aliphatic rings. The highest BCUT2D eigenvalue weighted by Crippen LogP contribution is 2.18. The van der Waals surface area contributed by atoms with Gasteiger partial charge in [-0.2, -0.15) is 5.10 Å². The quantitative estimate of drug-likeness (QED) is 0.678.